The predicted molar refractivity (Wildman–Crippen MR) is 77.4 cm³/mol. The first-order valence-corrected chi connectivity index (χ1v) is 6.08. The maximum absolute atomic E-state index is 5.45. The van der Waals surface area contributed by atoms with Crippen molar-refractivity contribution >= 4 is 28.1 Å². The fourth-order valence-corrected chi connectivity index (χ4v) is 1.80. The highest BCUT2D eigenvalue weighted by atomic mass is 79.9. The van der Waals surface area contributed by atoms with Gasteiger partial charge in [-0.25, -0.2) is 0 Å². The van der Waals surface area contributed by atoms with E-state index in [-0.39, 0.29) is 0 Å². The minimum Gasteiger partial charge on any atom is -0.115 e. The van der Waals surface area contributed by atoms with Crippen molar-refractivity contribution in [2.45, 2.75) is 0 Å². The average Bonchev–Trinajstić information content (AvgIpc) is 2.38. The van der Waals surface area contributed by atoms with Gasteiger partial charge < -0.3 is 0 Å². The monoisotopic (exact) mass is 282 g/mol. The van der Waals surface area contributed by atoms with E-state index < -0.39 is 0 Å². The SMILES string of the molecule is C#Cc1ccccc1C=Cc1ccc(Br)cc1. The number of rotatable bonds is 2. The van der Waals surface area contributed by atoms with Gasteiger partial charge in [0.1, 0.15) is 0 Å². The molecule has 17 heavy (non-hydrogen) atoms. The number of halogens is 1. The Bertz CT molecular complexity index is 571. The summed E-state index contributed by atoms with van der Waals surface area (Å²) in [5.74, 6) is 2.68. The Morgan fingerprint density at radius 1 is 0.941 bits per heavy atom. The Morgan fingerprint density at radius 3 is 2.35 bits per heavy atom. The number of terminal acetylenes is 1. The summed E-state index contributed by atoms with van der Waals surface area (Å²) < 4.78 is 1.08. The molecule has 0 unspecified atom stereocenters. The summed E-state index contributed by atoms with van der Waals surface area (Å²) >= 11 is 3.41. The highest BCUT2D eigenvalue weighted by Gasteiger charge is 1.94. The molecular weight excluding hydrogens is 272 g/mol. The lowest BCUT2D eigenvalue weighted by Gasteiger charge is -1.98. The molecule has 0 saturated carbocycles. The van der Waals surface area contributed by atoms with E-state index in [1.54, 1.807) is 0 Å². The zero-order chi connectivity index (χ0) is 12.1. The van der Waals surface area contributed by atoms with Gasteiger partial charge in [0, 0.05) is 10.0 Å². The second-order valence-corrected chi connectivity index (χ2v) is 4.53. The van der Waals surface area contributed by atoms with E-state index in [1.165, 1.54) is 0 Å². The molecule has 0 saturated heterocycles. The molecule has 0 amide bonds. The first-order valence-electron chi connectivity index (χ1n) is 5.29. The smallest absolute Gasteiger partial charge is 0.0315 e. The van der Waals surface area contributed by atoms with Crippen LogP contribution in [0.2, 0.25) is 0 Å². The van der Waals surface area contributed by atoms with Crippen molar-refractivity contribution < 1.29 is 0 Å². The third-order valence-electron chi connectivity index (χ3n) is 2.44. The van der Waals surface area contributed by atoms with Gasteiger partial charge in [-0.2, -0.15) is 0 Å². The van der Waals surface area contributed by atoms with E-state index in [1.807, 2.05) is 42.5 Å². The highest BCUT2D eigenvalue weighted by Crippen LogP contribution is 2.15. The molecule has 0 aliphatic carbocycles. The van der Waals surface area contributed by atoms with Crippen LogP contribution in [0, 0.1) is 12.3 Å². The van der Waals surface area contributed by atoms with Crippen LogP contribution in [0.5, 0.6) is 0 Å². The average molecular weight is 283 g/mol. The molecule has 0 N–H and O–H groups in total. The van der Waals surface area contributed by atoms with E-state index in [9.17, 15) is 0 Å². The molecule has 0 aliphatic heterocycles. The number of benzene rings is 2. The molecule has 0 atom stereocenters. The van der Waals surface area contributed by atoms with Crippen LogP contribution in [0.4, 0.5) is 0 Å². The largest absolute Gasteiger partial charge is 0.115 e. The van der Waals surface area contributed by atoms with Gasteiger partial charge in [0.05, 0.1) is 0 Å². The minimum atomic E-state index is 0.917. The van der Waals surface area contributed by atoms with Crippen molar-refractivity contribution in [3.8, 4) is 12.3 Å². The summed E-state index contributed by atoms with van der Waals surface area (Å²) in [5.41, 5.74) is 3.14. The lowest BCUT2D eigenvalue weighted by molar-refractivity contribution is 1.59. The van der Waals surface area contributed by atoms with Crippen LogP contribution in [0.15, 0.2) is 53.0 Å². The van der Waals surface area contributed by atoms with Crippen LogP contribution in [0.3, 0.4) is 0 Å². The molecule has 2 aromatic carbocycles. The topological polar surface area (TPSA) is 0 Å². The molecule has 0 spiro atoms. The number of hydrogen-bond acceptors (Lipinski definition) is 0. The molecule has 82 valence electrons. The lowest BCUT2D eigenvalue weighted by atomic mass is 10.1. The van der Waals surface area contributed by atoms with Gasteiger partial charge in [-0.3, -0.25) is 0 Å². The van der Waals surface area contributed by atoms with Crippen LogP contribution in [-0.4, -0.2) is 0 Å². The van der Waals surface area contributed by atoms with Crippen molar-refractivity contribution in [2.24, 2.45) is 0 Å². The van der Waals surface area contributed by atoms with E-state index in [4.69, 9.17) is 6.42 Å². The molecule has 0 nitrogen and oxygen atoms in total. The lowest BCUT2D eigenvalue weighted by Crippen LogP contribution is -1.80. The fraction of sp³-hybridized carbons (Fsp3) is 0. The van der Waals surface area contributed by atoms with Crippen molar-refractivity contribution in [3.05, 3.63) is 69.7 Å². The highest BCUT2D eigenvalue weighted by molar-refractivity contribution is 9.10. The maximum atomic E-state index is 5.45. The van der Waals surface area contributed by atoms with Crippen molar-refractivity contribution in [1.82, 2.24) is 0 Å². The Morgan fingerprint density at radius 2 is 1.65 bits per heavy atom. The second kappa shape index (κ2) is 5.52. The Kier molecular flexibility index (Phi) is 3.80. The van der Waals surface area contributed by atoms with E-state index in [0.717, 1.165) is 21.2 Å². The van der Waals surface area contributed by atoms with Gasteiger partial charge >= 0.3 is 0 Å². The summed E-state index contributed by atoms with van der Waals surface area (Å²) in [6.07, 6.45) is 9.55. The minimum absolute atomic E-state index is 0.917. The summed E-state index contributed by atoms with van der Waals surface area (Å²) in [6.45, 7) is 0. The first kappa shape index (κ1) is 11.7. The summed E-state index contributed by atoms with van der Waals surface area (Å²) in [4.78, 5) is 0. The molecule has 1 heteroatoms. The Labute approximate surface area is 110 Å². The zero-order valence-corrected chi connectivity index (χ0v) is 10.8. The van der Waals surface area contributed by atoms with Gasteiger partial charge in [-0.1, -0.05) is 64.3 Å². The molecule has 2 rings (SSSR count). The Hall–Kier alpha value is -1.78. The Balaban J connectivity index is 2.26. The van der Waals surface area contributed by atoms with Gasteiger partial charge in [-0.15, -0.1) is 6.42 Å². The van der Waals surface area contributed by atoms with Crippen LogP contribution >= 0.6 is 15.9 Å². The summed E-state index contributed by atoms with van der Waals surface area (Å²) in [5, 5.41) is 0. The summed E-state index contributed by atoms with van der Waals surface area (Å²) in [6, 6.07) is 16.1. The van der Waals surface area contributed by atoms with Crippen molar-refractivity contribution in [1.29, 1.82) is 0 Å². The van der Waals surface area contributed by atoms with Crippen LogP contribution < -0.4 is 0 Å². The van der Waals surface area contributed by atoms with Gasteiger partial charge in [-0.05, 0) is 29.3 Å². The van der Waals surface area contributed by atoms with Gasteiger partial charge in [0.2, 0.25) is 0 Å². The summed E-state index contributed by atoms with van der Waals surface area (Å²) in [7, 11) is 0. The third-order valence-corrected chi connectivity index (χ3v) is 2.97. The molecule has 0 fully saturated rings. The van der Waals surface area contributed by atoms with Crippen LogP contribution in [-0.2, 0) is 0 Å². The van der Waals surface area contributed by atoms with Crippen LogP contribution in [0.1, 0.15) is 16.7 Å². The molecule has 0 bridgehead atoms. The molecule has 0 heterocycles. The molecule has 2 aromatic rings. The fourth-order valence-electron chi connectivity index (χ4n) is 1.53. The quantitative estimate of drug-likeness (QED) is 0.558. The van der Waals surface area contributed by atoms with E-state index >= 15 is 0 Å². The third kappa shape index (κ3) is 3.09. The van der Waals surface area contributed by atoms with E-state index in [0.29, 0.717) is 0 Å². The van der Waals surface area contributed by atoms with Crippen molar-refractivity contribution in [3.63, 3.8) is 0 Å². The van der Waals surface area contributed by atoms with Crippen LogP contribution in [0.25, 0.3) is 12.2 Å². The van der Waals surface area contributed by atoms with Crippen molar-refractivity contribution in [2.75, 3.05) is 0 Å². The molecule has 0 radical (unpaired) electrons. The second-order valence-electron chi connectivity index (χ2n) is 3.62. The standard InChI is InChI=1S/C16H11Br/c1-2-14-5-3-4-6-15(14)10-7-13-8-11-16(17)12-9-13/h1,3-12H. The maximum Gasteiger partial charge on any atom is 0.0315 e. The van der Waals surface area contributed by atoms with E-state index in [2.05, 4.69) is 40.1 Å². The van der Waals surface area contributed by atoms with Gasteiger partial charge in [0.15, 0.2) is 0 Å². The number of hydrogen-bond donors (Lipinski definition) is 0. The van der Waals surface area contributed by atoms with Gasteiger partial charge in [0.25, 0.3) is 0 Å². The molecular formula is C16H11Br. The molecule has 0 aromatic heterocycles. The normalized spacial score (nSPS) is 10.4. The molecule has 0 aliphatic rings. The first-order chi connectivity index (χ1) is 8.29. The predicted octanol–water partition coefficient (Wildman–Crippen LogP) is 4.60. The zero-order valence-electron chi connectivity index (χ0n) is 9.23.